The van der Waals surface area contributed by atoms with E-state index in [0.717, 1.165) is 11.8 Å². The minimum atomic E-state index is 0.207. The maximum atomic E-state index is 5.73. The normalized spacial score (nSPS) is 31.6. The molecule has 0 saturated heterocycles. The summed E-state index contributed by atoms with van der Waals surface area (Å²) in [7, 11) is 0. The maximum absolute atomic E-state index is 5.73. The predicted molar refractivity (Wildman–Crippen MR) is 65.4 cm³/mol. The van der Waals surface area contributed by atoms with Crippen LogP contribution < -0.4 is 0 Å². The van der Waals surface area contributed by atoms with Crippen molar-refractivity contribution in [2.24, 2.45) is 11.8 Å². The molecule has 0 spiro atoms. The van der Waals surface area contributed by atoms with E-state index in [-0.39, 0.29) is 5.41 Å². The van der Waals surface area contributed by atoms with E-state index in [1.54, 1.807) is 5.57 Å². The molecule has 0 aliphatic heterocycles. The second-order valence-corrected chi connectivity index (χ2v) is 6.02. The highest BCUT2D eigenvalue weighted by Gasteiger charge is 2.44. The maximum Gasteiger partial charge on any atom is 0.112 e. The Hall–Kier alpha value is -0.980. The van der Waals surface area contributed by atoms with Crippen molar-refractivity contribution < 1.29 is 4.42 Å². The summed E-state index contributed by atoms with van der Waals surface area (Å²) >= 11 is 0. The molecule has 0 unspecified atom stereocenters. The summed E-state index contributed by atoms with van der Waals surface area (Å²) in [6.07, 6.45) is 8.13. The van der Waals surface area contributed by atoms with Gasteiger partial charge in [-0.25, -0.2) is 0 Å². The van der Waals surface area contributed by atoms with Gasteiger partial charge in [0.1, 0.15) is 5.76 Å². The molecule has 0 amide bonds. The molecule has 0 aromatic carbocycles. The molecule has 2 aliphatic rings. The van der Waals surface area contributed by atoms with E-state index >= 15 is 0 Å². The van der Waals surface area contributed by atoms with Gasteiger partial charge in [-0.2, -0.15) is 0 Å². The number of allylic oxidation sites excluding steroid dienone is 2. The molecule has 1 heteroatoms. The van der Waals surface area contributed by atoms with Gasteiger partial charge in [-0.15, -0.1) is 0 Å². The molecule has 1 aromatic rings. The molecule has 2 atom stereocenters. The van der Waals surface area contributed by atoms with Crippen LogP contribution in [0.15, 0.2) is 28.4 Å². The van der Waals surface area contributed by atoms with E-state index in [1.165, 1.54) is 30.6 Å². The molecular weight excluding hydrogens is 196 g/mol. The van der Waals surface area contributed by atoms with Gasteiger partial charge in [0.2, 0.25) is 0 Å². The van der Waals surface area contributed by atoms with Crippen molar-refractivity contribution in [3.8, 4) is 0 Å². The number of hydrogen-bond donors (Lipinski definition) is 0. The summed E-state index contributed by atoms with van der Waals surface area (Å²) in [5.74, 6) is 2.73. The molecule has 1 heterocycles. The Morgan fingerprint density at radius 1 is 1.38 bits per heavy atom. The molecule has 0 bridgehead atoms. The highest BCUT2D eigenvalue weighted by Crippen LogP contribution is 2.49. The van der Waals surface area contributed by atoms with Crippen molar-refractivity contribution in [3.63, 3.8) is 0 Å². The Balaban J connectivity index is 2.08. The van der Waals surface area contributed by atoms with Crippen LogP contribution in [0.25, 0.3) is 0 Å². The molecule has 0 radical (unpaired) electrons. The summed E-state index contributed by atoms with van der Waals surface area (Å²) in [5, 5.41) is 0. The first-order valence-electron chi connectivity index (χ1n) is 6.33. The van der Waals surface area contributed by atoms with Gasteiger partial charge in [0.15, 0.2) is 0 Å². The van der Waals surface area contributed by atoms with Crippen molar-refractivity contribution in [2.45, 2.75) is 45.4 Å². The summed E-state index contributed by atoms with van der Waals surface area (Å²) in [6.45, 7) is 6.97. The smallest absolute Gasteiger partial charge is 0.112 e. The highest BCUT2D eigenvalue weighted by atomic mass is 16.3. The van der Waals surface area contributed by atoms with Crippen molar-refractivity contribution in [1.82, 2.24) is 0 Å². The monoisotopic (exact) mass is 216 g/mol. The number of rotatable bonds is 0. The first kappa shape index (κ1) is 10.2. The van der Waals surface area contributed by atoms with Crippen LogP contribution in [0.5, 0.6) is 0 Å². The van der Waals surface area contributed by atoms with E-state index in [1.807, 2.05) is 6.26 Å². The van der Waals surface area contributed by atoms with Gasteiger partial charge in [0.05, 0.1) is 6.26 Å². The number of furan rings is 1. The Labute approximate surface area is 97.5 Å². The molecule has 0 saturated carbocycles. The van der Waals surface area contributed by atoms with Crippen molar-refractivity contribution in [3.05, 3.63) is 35.3 Å². The van der Waals surface area contributed by atoms with Crippen LogP contribution in [0.4, 0.5) is 0 Å². The van der Waals surface area contributed by atoms with E-state index in [9.17, 15) is 0 Å². The number of fused-ring (bicyclic) bond motifs is 2. The first-order valence-corrected chi connectivity index (χ1v) is 6.33. The fraction of sp³-hybridized carbons (Fsp3) is 0.600. The SMILES string of the molecule is CC1=C[C@@H]2Cc3ccoc3C(C)(C)[C@@H]2CC1. The van der Waals surface area contributed by atoms with Crippen LogP contribution in [0.3, 0.4) is 0 Å². The largest absolute Gasteiger partial charge is 0.468 e. The third-order valence-electron chi connectivity index (χ3n) is 4.58. The summed E-state index contributed by atoms with van der Waals surface area (Å²) in [5.41, 5.74) is 3.21. The number of hydrogen-bond acceptors (Lipinski definition) is 1. The lowest BCUT2D eigenvalue weighted by Crippen LogP contribution is -2.40. The second-order valence-electron chi connectivity index (χ2n) is 6.02. The predicted octanol–water partition coefficient (Wildman–Crippen LogP) is 4.09. The molecule has 2 aliphatic carbocycles. The molecule has 86 valence electrons. The molecule has 1 nitrogen and oxygen atoms in total. The molecule has 0 N–H and O–H groups in total. The van der Waals surface area contributed by atoms with E-state index < -0.39 is 0 Å². The topological polar surface area (TPSA) is 13.1 Å². The standard InChI is InChI=1S/C15H20O/c1-10-4-5-13-12(8-10)9-11-6-7-16-14(11)15(13,2)3/h6-8,12-13H,4-5,9H2,1-3H3/t12-,13-/m1/s1. The Morgan fingerprint density at radius 2 is 2.19 bits per heavy atom. The fourth-order valence-corrected chi connectivity index (χ4v) is 3.74. The van der Waals surface area contributed by atoms with Crippen LogP contribution in [-0.2, 0) is 11.8 Å². The van der Waals surface area contributed by atoms with Gasteiger partial charge in [0, 0.05) is 5.41 Å². The summed E-state index contributed by atoms with van der Waals surface area (Å²) in [4.78, 5) is 0. The first-order chi connectivity index (χ1) is 7.59. The lowest BCUT2D eigenvalue weighted by Gasteiger charge is -2.44. The van der Waals surface area contributed by atoms with Gasteiger partial charge < -0.3 is 4.42 Å². The Morgan fingerprint density at radius 3 is 3.00 bits per heavy atom. The Bertz CT molecular complexity index is 436. The van der Waals surface area contributed by atoms with Crippen LogP contribution in [-0.4, -0.2) is 0 Å². The van der Waals surface area contributed by atoms with Crippen molar-refractivity contribution >= 4 is 0 Å². The van der Waals surface area contributed by atoms with Crippen molar-refractivity contribution in [2.75, 3.05) is 0 Å². The van der Waals surface area contributed by atoms with Gasteiger partial charge >= 0.3 is 0 Å². The second kappa shape index (κ2) is 3.26. The highest BCUT2D eigenvalue weighted by molar-refractivity contribution is 5.32. The van der Waals surface area contributed by atoms with Crippen LogP contribution >= 0.6 is 0 Å². The average molecular weight is 216 g/mol. The summed E-state index contributed by atoms with van der Waals surface area (Å²) in [6, 6.07) is 2.16. The lowest BCUT2D eigenvalue weighted by molar-refractivity contribution is 0.169. The van der Waals surface area contributed by atoms with Gasteiger partial charge in [-0.05, 0) is 49.7 Å². The molecule has 16 heavy (non-hydrogen) atoms. The Kier molecular flexibility index (Phi) is 2.07. The lowest BCUT2D eigenvalue weighted by atomic mass is 9.60. The van der Waals surface area contributed by atoms with Crippen molar-refractivity contribution in [1.29, 1.82) is 0 Å². The minimum absolute atomic E-state index is 0.207. The molecule has 1 aromatic heterocycles. The van der Waals surface area contributed by atoms with Crippen LogP contribution in [0.1, 0.15) is 44.9 Å². The quantitative estimate of drug-likeness (QED) is 0.595. The van der Waals surface area contributed by atoms with Gasteiger partial charge in [-0.1, -0.05) is 25.5 Å². The zero-order valence-corrected chi connectivity index (χ0v) is 10.4. The fourth-order valence-electron chi connectivity index (χ4n) is 3.74. The zero-order valence-electron chi connectivity index (χ0n) is 10.4. The van der Waals surface area contributed by atoms with Crippen LogP contribution in [0.2, 0.25) is 0 Å². The summed E-state index contributed by atoms with van der Waals surface area (Å²) < 4.78 is 5.73. The van der Waals surface area contributed by atoms with Gasteiger partial charge in [0.25, 0.3) is 0 Å². The van der Waals surface area contributed by atoms with E-state index in [2.05, 4.69) is 32.9 Å². The average Bonchev–Trinajstić information content (AvgIpc) is 2.65. The third-order valence-corrected chi connectivity index (χ3v) is 4.58. The minimum Gasteiger partial charge on any atom is -0.468 e. The molecular formula is C15H20O. The van der Waals surface area contributed by atoms with Crippen LogP contribution in [0, 0.1) is 11.8 Å². The molecule has 3 rings (SSSR count). The third kappa shape index (κ3) is 1.30. The van der Waals surface area contributed by atoms with E-state index in [4.69, 9.17) is 4.42 Å². The zero-order chi connectivity index (χ0) is 11.3. The van der Waals surface area contributed by atoms with Gasteiger partial charge in [-0.3, -0.25) is 0 Å². The molecule has 0 fully saturated rings. The van der Waals surface area contributed by atoms with E-state index in [0.29, 0.717) is 0 Å².